The Morgan fingerprint density at radius 3 is 1.30 bits per heavy atom. The van der Waals surface area contributed by atoms with Crippen LogP contribution in [0.5, 0.6) is 0 Å². The van der Waals surface area contributed by atoms with Gasteiger partial charge < -0.3 is 14.4 Å². The van der Waals surface area contributed by atoms with Crippen LogP contribution in [0, 0.1) is 0 Å². The molecule has 0 rings (SSSR count). The second-order valence-corrected chi connectivity index (χ2v) is 16.8. The number of allylic oxidation sites excluding steroid dienone is 2. The third-order valence-electron chi connectivity index (χ3n) is 9.99. The number of phosphoric ester groups is 1. The molecule has 0 spiro atoms. The second kappa shape index (κ2) is 40.5. The standard InChI is InChI=1S/C44H85O8P/c1-4-6-8-10-12-14-16-17-18-19-20-21-22-23-24-25-26-27-28-29-31-32-34-36-38-43(45)50-40-42(41-51-53(47,48)49-3)52-44(46)39-37-35-33-30-15-13-11-9-7-5-2/h9,11,42H,4-8,10,12-41H2,1-3H3,(H,47,48)/b11-9-. The van der Waals surface area contributed by atoms with E-state index in [-0.39, 0.29) is 19.0 Å². The van der Waals surface area contributed by atoms with Crippen LogP contribution in [-0.2, 0) is 32.7 Å². The van der Waals surface area contributed by atoms with Crippen LogP contribution in [0.25, 0.3) is 0 Å². The summed E-state index contributed by atoms with van der Waals surface area (Å²) in [5.74, 6) is -0.805. The molecule has 9 heteroatoms. The van der Waals surface area contributed by atoms with Gasteiger partial charge in [-0.05, 0) is 32.1 Å². The number of phosphoric acid groups is 1. The molecule has 0 heterocycles. The molecule has 0 amide bonds. The molecule has 0 aliphatic heterocycles. The molecule has 0 aromatic rings. The Bertz CT molecular complexity index is 879. The van der Waals surface area contributed by atoms with E-state index in [0.29, 0.717) is 12.8 Å². The van der Waals surface area contributed by atoms with E-state index >= 15 is 0 Å². The molecule has 1 N–H and O–H groups in total. The average Bonchev–Trinajstić information content (AvgIpc) is 3.15. The van der Waals surface area contributed by atoms with Crippen molar-refractivity contribution in [3.63, 3.8) is 0 Å². The van der Waals surface area contributed by atoms with E-state index in [1.807, 2.05) is 0 Å². The van der Waals surface area contributed by atoms with E-state index in [4.69, 9.17) is 14.0 Å². The number of rotatable bonds is 42. The molecule has 0 bridgehead atoms. The van der Waals surface area contributed by atoms with Crippen molar-refractivity contribution in [2.24, 2.45) is 0 Å². The molecule has 53 heavy (non-hydrogen) atoms. The van der Waals surface area contributed by atoms with Gasteiger partial charge in [-0.15, -0.1) is 0 Å². The summed E-state index contributed by atoms with van der Waals surface area (Å²) in [4.78, 5) is 34.4. The molecule has 0 saturated carbocycles. The Morgan fingerprint density at radius 2 is 0.887 bits per heavy atom. The molecule has 0 aromatic carbocycles. The molecule has 0 saturated heterocycles. The first-order chi connectivity index (χ1) is 25.8. The van der Waals surface area contributed by atoms with Gasteiger partial charge in [-0.25, -0.2) is 4.57 Å². The summed E-state index contributed by atoms with van der Waals surface area (Å²) in [7, 11) is -3.19. The molecule has 314 valence electrons. The van der Waals surface area contributed by atoms with Crippen LogP contribution in [0.15, 0.2) is 12.2 Å². The average molecular weight is 773 g/mol. The van der Waals surface area contributed by atoms with Crippen molar-refractivity contribution in [2.45, 2.75) is 238 Å². The molecule has 0 radical (unpaired) electrons. The SMILES string of the molecule is CCC/C=C\CCCCCCCC(=O)OC(COC(=O)CCCCCCCCCCCCCCCCCCCCCCCCCC)COP(=O)(O)OC. The minimum Gasteiger partial charge on any atom is -0.462 e. The lowest BCUT2D eigenvalue weighted by Gasteiger charge is -2.19. The fourth-order valence-corrected chi connectivity index (χ4v) is 7.00. The minimum absolute atomic E-state index is 0.223. The molecule has 2 unspecified atom stereocenters. The van der Waals surface area contributed by atoms with Crippen molar-refractivity contribution < 1.29 is 37.6 Å². The zero-order valence-electron chi connectivity index (χ0n) is 34.9. The summed E-state index contributed by atoms with van der Waals surface area (Å²) in [6, 6.07) is 0. The van der Waals surface area contributed by atoms with Gasteiger partial charge in [-0.2, -0.15) is 0 Å². The summed E-state index contributed by atoms with van der Waals surface area (Å²) in [6.07, 6.45) is 44.3. The number of hydrogen-bond acceptors (Lipinski definition) is 7. The maximum absolute atomic E-state index is 12.4. The summed E-state index contributed by atoms with van der Waals surface area (Å²) in [5, 5.41) is 0. The van der Waals surface area contributed by atoms with Crippen LogP contribution >= 0.6 is 7.82 Å². The lowest BCUT2D eigenvalue weighted by molar-refractivity contribution is -0.161. The first-order valence-corrected chi connectivity index (χ1v) is 23.9. The first kappa shape index (κ1) is 51.8. The number of carbonyl (C=O) groups is 2. The van der Waals surface area contributed by atoms with Gasteiger partial charge in [0, 0.05) is 20.0 Å². The zero-order valence-corrected chi connectivity index (χ0v) is 35.8. The van der Waals surface area contributed by atoms with Crippen molar-refractivity contribution in [3.8, 4) is 0 Å². The highest BCUT2D eigenvalue weighted by atomic mass is 31.2. The first-order valence-electron chi connectivity index (χ1n) is 22.4. The van der Waals surface area contributed by atoms with Crippen molar-refractivity contribution in [3.05, 3.63) is 12.2 Å². The lowest BCUT2D eigenvalue weighted by atomic mass is 10.0. The maximum atomic E-state index is 12.4. The molecule has 8 nitrogen and oxygen atoms in total. The van der Waals surface area contributed by atoms with E-state index < -0.39 is 26.5 Å². The predicted molar refractivity (Wildman–Crippen MR) is 221 cm³/mol. The van der Waals surface area contributed by atoms with E-state index in [0.717, 1.165) is 64.9 Å². The monoisotopic (exact) mass is 773 g/mol. The van der Waals surface area contributed by atoms with Crippen LogP contribution < -0.4 is 0 Å². The largest absolute Gasteiger partial charge is 0.472 e. The quantitative estimate of drug-likeness (QED) is 0.0283. The Kier molecular flexibility index (Phi) is 39.5. The molecule has 2 atom stereocenters. The highest BCUT2D eigenvalue weighted by molar-refractivity contribution is 7.47. The molecular weight excluding hydrogens is 687 g/mol. The Hall–Kier alpha value is -1.21. The highest BCUT2D eigenvalue weighted by Gasteiger charge is 2.24. The van der Waals surface area contributed by atoms with Gasteiger partial charge >= 0.3 is 19.8 Å². The summed E-state index contributed by atoms with van der Waals surface area (Å²) < 4.78 is 31.9. The van der Waals surface area contributed by atoms with E-state index in [2.05, 4.69) is 30.5 Å². The van der Waals surface area contributed by atoms with Gasteiger partial charge in [0.25, 0.3) is 0 Å². The van der Waals surface area contributed by atoms with Crippen molar-refractivity contribution in [2.75, 3.05) is 20.3 Å². The molecule has 0 aliphatic carbocycles. The minimum atomic E-state index is -4.25. The molecule has 0 fully saturated rings. The third-order valence-corrected chi connectivity index (χ3v) is 10.9. The number of ether oxygens (including phenoxy) is 2. The van der Waals surface area contributed by atoms with Gasteiger partial charge in [0.15, 0.2) is 6.10 Å². The number of esters is 2. The third kappa shape index (κ3) is 40.3. The van der Waals surface area contributed by atoms with E-state index in [1.165, 1.54) is 141 Å². The summed E-state index contributed by atoms with van der Waals surface area (Å²) in [6.45, 7) is 3.84. The van der Waals surface area contributed by atoms with Crippen molar-refractivity contribution in [1.29, 1.82) is 0 Å². The molecule has 0 aromatic heterocycles. The summed E-state index contributed by atoms with van der Waals surface area (Å²) >= 11 is 0. The topological polar surface area (TPSA) is 108 Å². The van der Waals surface area contributed by atoms with Gasteiger partial charge in [-0.1, -0.05) is 199 Å². The fraction of sp³-hybridized carbons (Fsp3) is 0.909. The van der Waals surface area contributed by atoms with Crippen LogP contribution in [0.2, 0.25) is 0 Å². The zero-order chi connectivity index (χ0) is 38.9. The fourth-order valence-electron chi connectivity index (χ4n) is 6.54. The lowest BCUT2D eigenvalue weighted by Crippen LogP contribution is -2.29. The smallest absolute Gasteiger partial charge is 0.462 e. The molecular formula is C44H85O8P. The Labute approximate surface area is 327 Å². The number of carbonyl (C=O) groups excluding carboxylic acids is 2. The molecule has 0 aliphatic rings. The predicted octanol–water partition coefficient (Wildman–Crippen LogP) is 14.1. The van der Waals surface area contributed by atoms with Gasteiger partial charge in [0.1, 0.15) is 6.61 Å². The van der Waals surface area contributed by atoms with Crippen molar-refractivity contribution in [1.82, 2.24) is 0 Å². The van der Waals surface area contributed by atoms with E-state index in [9.17, 15) is 19.0 Å². The van der Waals surface area contributed by atoms with Gasteiger partial charge in [0.2, 0.25) is 0 Å². The Balaban J connectivity index is 3.80. The normalized spacial score (nSPS) is 13.4. The van der Waals surface area contributed by atoms with Crippen molar-refractivity contribution >= 4 is 19.8 Å². The van der Waals surface area contributed by atoms with Crippen LogP contribution in [0.4, 0.5) is 0 Å². The van der Waals surface area contributed by atoms with Crippen LogP contribution in [0.3, 0.4) is 0 Å². The van der Waals surface area contributed by atoms with Gasteiger partial charge in [-0.3, -0.25) is 18.6 Å². The second-order valence-electron chi connectivity index (χ2n) is 15.2. The number of hydrogen-bond donors (Lipinski definition) is 1. The van der Waals surface area contributed by atoms with Gasteiger partial charge in [0.05, 0.1) is 6.61 Å². The van der Waals surface area contributed by atoms with E-state index in [1.54, 1.807) is 0 Å². The maximum Gasteiger partial charge on any atom is 0.472 e. The number of unbranched alkanes of at least 4 members (excludes halogenated alkanes) is 29. The Morgan fingerprint density at radius 1 is 0.509 bits per heavy atom. The van der Waals surface area contributed by atoms with Crippen LogP contribution in [-0.4, -0.2) is 43.3 Å². The summed E-state index contributed by atoms with van der Waals surface area (Å²) in [5.41, 5.74) is 0. The highest BCUT2D eigenvalue weighted by Crippen LogP contribution is 2.42. The van der Waals surface area contributed by atoms with Crippen LogP contribution in [0.1, 0.15) is 232 Å².